The number of nitrogens with two attached hydrogens (primary N) is 1. The number of anilines is 1. The number of rotatable bonds is 6. The highest BCUT2D eigenvalue weighted by atomic mass is 16.5. The number of carbonyl (C=O) groups excluding carboxylic acids is 1. The van der Waals surface area contributed by atoms with Gasteiger partial charge in [0.15, 0.2) is 5.82 Å². The number of amides is 1. The molecule has 1 aromatic carbocycles. The molecule has 2 aliphatic heterocycles. The first kappa shape index (κ1) is 27.1. The Morgan fingerprint density at radius 1 is 1.07 bits per heavy atom. The van der Waals surface area contributed by atoms with Gasteiger partial charge in [0.05, 0.1) is 18.3 Å². The number of aryl methyl sites for hydroxylation is 2. The van der Waals surface area contributed by atoms with Gasteiger partial charge >= 0.3 is 0 Å². The lowest BCUT2D eigenvalue weighted by atomic mass is 10.1. The van der Waals surface area contributed by atoms with Crippen molar-refractivity contribution in [3.63, 3.8) is 0 Å². The average molecular weight is 592 g/mol. The van der Waals surface area contributed by atoms with Crippen molar-refractivity contribution in [1.82, 2.24) is 34.0 Å². The molecule has 44 heavy (non-hydrogen) atoms. The summed E-state index contributed by atoms with van der Waals surface area (Å²) in [7, 11) is 3.70. The van der Waals surface area contributed by atoms with E-state index >= 15 is 0 Å². The van der Waals surface area contributed by atoms with E-state index in [0.717, 1.165) is 90.7 Å². The fourth-order valence-corrected chi connectivity index (χ4v) is 7.77. The van der Waals surface area contributed by atoms with Crippen molar-refractivity contribution in [3.8, 4) is 17.3 Å². The van der Waals surface area contributed by atoms with Gasteiger partial charge in [-0.25, -0.2) is 19.9 Å². The minimum absolute atomic E-state index is 0.00401. The molecule has 5 aromatic rings. The summed E-state index contributed by atoms with van der Waals surface area (Å²) >= 11 is 0. The average Bonchev–Trinajstić information content (AvgIpc) is 3.86. The van der Waals surface area contributed by atoms with Gasteiger partial charge in [-0.1, -0.05) is 0 Å². The maximum Gasteiger partial charge on any atom is 0.254 e. The summed E-state index contributed by atoms with van der Waals surface area (Å²) in [5.74, 6) is 3.98. The number of hydrogen-bond donors (Lipinski definition) is 1. The van der Waals surface area contributed by atoms with E-state index < -0.39 is 0 Å². The van der Waals surface area contributed by atoms with Gasteiger partial charge in [-0.2, -0.15) is 0 Å². The number of likely N-dealkylation sites (tertiary alicyclic amines) is 1. The van der Waals surface area contributed by atoms with Gasteiger partial charge in [-0.05, 0) is 74.4 Å². The molecule has 2 saturated heterocycles. The van der Waals surface area contributed by atoms with E-state index in [2.05, 4.69) is 41.1 Å². The third-order valence-electron chi connectivity index (χ3n) is 10.0. The van der Waals surface area contributed by atoms with Crippen molar-refractivity contribution in [2.45, 2.75) is 44.8 Å². The van der Waals surface area contributed by atoms with E-state index in [1.807, 2.05) is 55.5 Å². The zero-order valence-electron chi connectivity index (χ0n) is 25.3. The van der Waals surface area contributed by atoms with Gasteiger partial charge in [0.25, 0.3) is 5.91 Å². The number of fused-ring (bicyclic) bond motifs is 4. The minimum atomic E-state index is 0.00401. The summed E-state index contributed by atoms with van der Waals surface area (Å²) in [6.45, 7) is 5.20. The molecule has 2 unspecified atom stereocenters. The molecule has 8 rings (SSSR count). The van der Waals surface area contributed by atoms with Crippen LogP contribution in [0.15, 0.2) is 48.8 Å². The molecular formula is C33H37N9O2. The zero-order valence-corrected chi connectivity index (χ0v) is 25.3. The number of benzene rings is 1. The van der Waals surface area contributed by atoms with Crippen molar-refractivity contribution < 1.29 is 9.53 Å². The topological polar surface area (TPSA) is 120 Å². The molecule has 2 bridgehead atoms. The maximum absolute atomic E-state index is 13.9. The monoisotopic (exact) mass is 591 g/mol. The maximum atomic E-state index is 13.9. The Morgan fingerprint density at radius 3 is 2.70 bits per heavy atom. The van der Waals surface area contributed by atoms with Crippen LogP contribution in [-0.4, -0.2) is 78.7 Å². The van der Waals surface area contributed by atoms with Crippen molar-refractivity contribution in [2.75, 3.05) is 31.6 Å². The highest BCUT2D eigenvalue weighted by Gasteiger charge is 2.47. The molecule has 6 heterocycles. The highest BCUT2D eigenvalue weighted by molar-refractivity contribution is 6.00. The van der Waals surface area contributed by atoms with Crippen molar-refractivity contribution in [3.05, 3.63) is 60.2 Å². The summed E-state index contributed by atoms with van der Waals surface area (Å²) in [6.07, 6.45) is 6.73. The number of ether oxygens (including phenoxy) is 1. The van der Waals surface area contributed by atoms with Crippen molar-refractivity contribution in [2.24, 2.45) is 24.6 Å². The largest absolute Gasteiger partial charge is 0.494 e. The second-order valence-corrected chi connectivity index (χ2v) is 12.6. The SMILES string of the molecule is COc1cc(C(=O)N2CC3CCC2[C@@H]3N)cc2nc(-c3cc4cccnc4n3C)n(C[C@H]3CCN(c4ccnc(C)n4)C3)c12. The first-order valence-electron chi connectivity index (χ1n) is 15.5. The predicted molar refractivity (Wildman–Crippen MR) is 169 cm³/mol. The number of aromatic nitrogens is 6. The first-order chi connectivity index (χ1) is 21.4. The lowest BCUT2D eigenvalue weighted by Gasteiger charge is -2.27. The molecule has 4 atom stereocenters. The standard InChI is InChI=1S/C33H37N9O2/c1-19-35-11-8-28(37-19)40-12-9-20(16-40)17-42-30-24(38-32(42)26-14-21-5-4-10-36-31(21)39(26)2)13-23(15-27(30)44-3)33(43)41-18-22-6-7-25(41)29(22)34/h4-5,8,10-11,13-15,20,22,25,29H,6-7,9,12,16-18,34H2,1-3H3/t20-,22?,25?,29+/m0/s1. The number of nitrogens with zero attached hydrogens (tertiary/aromatic N) is 8. The summed E-state index contributed by atoms with van der Waals surface area (Å²) in [5.41, 5.74) is 10.6. The molecule has 226 valence electrons. The van der Waals surface area contributed by atoms with E-state index in [9.17, 15) is 4.79 Å². The summed E-state index contributed by atoms with van der Waals surface area (Å²) in [6, 6.07) is 12.1. The molecule has 11 nitrogen and oxygen atoms in total. The van der Waals surface area contributed by atoms with E-state index in [0.29, 0.717) is 23.1 Å². The molecule has 2 N–H and O–H groups in total. The smallest absolute Gasteiger partial charge is 0.254 e. The second-order valence-electron chi connectivity index (χ2n) is 12.6. The fraction of sp³-hybridized carbons (Fsp3) is 0.424. The van der Waals surface area contributed by atoms with Crippen LogP contribution in [0.25, 0.3) is 33.6 Å². The molecule has 1 saturated carbocycles. The van der Waals surface area contributed by atoms with Gasteiger partial charge in [0.1, 0.15) is 28.6 Å². The van der Waals surface area contributed by atoms with Crippen LogP contribution in [0.1, 0.15) is 35.4 Å². The first-order valence-corrected chi connectivity index (χ1v) is 15.5. The van der Waals surface area contributed by atoms with Crippen LogP contribution in [-0.2, 0) is 13.6 Å². The van der Waals surface area contributed by atoms with Crippen LogP contribution in [0.2, 0.25) is 0 Å². The number of piperidine rings is 1. The third kappa shape index (κ3) is 4.24. The molecule has 0 radical (unpaired) electrons. The van der Waals surface area contributed by atoms with E-state index in [1.165, 1.54) is 0 Å². The molecule has 3 fully saturated rings. The number of carbonyl (C=O) groups is 1. The molecule has 11 heteroatoms. The zero-order chi connectivity index (χ0) is 30.1. The number of hydrogen-bond acceptors (Lipinski definition) is 8. The van der Waals surface area contributed by atoms with E-state index in [1.54, 1.807) is 7.11 Å². The van der Waals surface area contributed by atoms with E-state index in [-0.39, 0.29) is 18.0 Å². The second kappa shape index (κ2) is 10.3. The Hall–Kier alpha value is -4.51. The van der Waals surface area contributed by atoms with Gasteiger partial charge in [0, 0.05) is 68.7 Å². The minimum Gasteiger partial charge on any atom is -0.494 e. The molecule has 4 aromatic heterocycles. The number of pyridine rings is 1. The van der Waals surface area contributed by atoms with Gasteiger partial charge in [-0.15, -0.1) is 0 Å². The van der Waals surface area contributed by atoms with Crippen LogP contribution >= 0.6 is 0 Å². The Morgan fingerprint density at radius 2 is 1.95 bits per heavy atom. The van der Waals surface area contributed by atoms with Crippen LogP contribution in [0, 0.1) is 18.8 Å². The Labute approximate surface area is 255 Å². The molecular weight excluding hydrogens is 554 g/mol. The Kier molecular flexibility index (Phi) is 6.33. The fourth-order valence-electron chi connectivity index (χ4n) is 7.77. The van der Waals surface area contributed by atoms with Crippen molar-refractivity contribution >= 4 is 33.8 Å². The number of imidazole rings is 1. The normalized spacial score (nSPS) is 23.0. The van der Waals surface area contributed by atoms with Gasteiger partial charge in [0.2, 0.25) is 0 Å². The quantitative estimate of drug-likeness (QED) is 0.317. The predicted octanol–water partition coefficient (Wildman–Crippen LogP) is 3.79. The molecule has 1 aliphatic carbocycles. The van der Waals surface area contributed by atoms with Crippen LogP contribution in [0.5, 0.6) is 5.75 Å². The number of methoxy groups -OCH3 is 1. The van der Waals surface area contributed by atoms with Crippen LogP contribution < -0.4 is 15.4 Å². The van der Waals surface area contributed by atoms with Gasteiger partial charge in [-0.3, -0.25) is 4.79 Å². The highest BCUT2D eigenvalue weighted by Crippen LogP contribution is 2.40. The molecule has 1 amide bonds. The lowest BCUT2D eigenvalue weighted by molar-refractivity contribution is 0.0700. The summed E-state index contributed by atoms with van der Waals surface area (Å²) in [5, 5.41) is 1.05. The Balaban J connectivity index is 1.22. The lowest BCUT2D eigenvalue weighted by Crippen LogP contribution is -2.41. The van der Waals surface area contributed by atoms with Crippen LogP contribution in [0.4, 0.5) is 5.82 Å². The molecule has 0 spiro atoms. The summed E-state index contributed by atoms with van der Waals surface area (Å²) < 4.78 is 10.4. The third-order valence-corrected chi connectivity index (χ3v) is 10.0. The van der Waals surface area contributed by atoms with E-state index in [4.69, 9.17) is 15.5 Å². The summed E-state index contributed by atoms with van der Waals surface area (Å²) in [4.78, 5) is 36.9. The Bertz CT molecular complexity index is 1910. The van der Waals surface area contributed by atoms with Gasteiger partial charge < -0.3 is 29.4 Å². The van der Waals surface area contributed by atoms with Crippen LogP contribution in [0.3, 0.4) is 0 Å². The van der Waals surface area contributed by atoms with Crippen molar-refractivity contribution in [1.29, 1.82) is 0 Å². The molecule has 3 aliphatic rings.